The minimum atomic E-state index is -3.37. The van der Waals surface area contributed by atoms with Gasteiger partial charge in [0.05, 0.1) is 12.9 Å². The highest BCUT2D eigenvalue weighted by molar-refractivity contribution is 7.85. The van der Waals surface area contributed by atoms with E-state index in [1.165, 1.54) is 0 Å². The molecule has 3 aromatic rings. The molecule has 0 bridgehead atoms. The number of ether oxygens (including phenoxy) is 1. The van der Waals surface area contributed by atoms with Crippen LogP contribution in [0.2, 0.25) is 0 Å². The van der Waals surface area contributed by atoms with E-state index >= 15 is 0 Å². The van der Waals surface area contributed by atoms with E-state index in [2.05, 4.69) is 4.98 Å². The zero-order valence-corrected chi connectivity index (χ0v) is 17.0. The molecule has 1 heterocycles. The Balaban J connectivity index is 1.44. The van der Waals surface area contributed by atoms with Gasteiger partial charge in [-0.15, -0.1) is 0 Å². The van der Waals surface area contributed by atoms with E-state index in [1.54, 1.807) is 6.26 Å². The van der Waals surface area contributed by atoms with Gasteiger partial charge in [-0.2, -0.15) is 8.42 Å². The maximum Gasteiger partial charge on any atom is 0.264 e. The number of nitrogens with zero attached hydrogens (tertiary/aromatic N) is 1. The lowest BCUT2D eigenvalue weighted by molar-refractivity contribution is 0.301. The first-order valence-corrected chi connectivity index (χ1v) is 11.0. The summed E-state index contributed by atoms with van der Waals surface area (Å²) in [7, 11) is -3.37. The molecule has 0 aliphatic carbocycles. The van der Waals surface area contributed by atoms with Crippen LogP contribution in [0.1, 0.15) is 29.1 Å². The summed E-state index contributed by atoms with van der Waals surface area (Å²) in [4.78, 5) is 4.39. The van der Waals surface area contributed by atoms with Gasteiger partial charge in [0.1, 0.15) is 24.3 Å². The first kappa shape index (κ1) is 20.8. The van der Waals surface area contributed by atoms with Crippen molar-refractivity contribution in [1.29, 1.82) is 0 Å². The van der Waals surface area contributed by atoms with Crippen LogP contribution in [0.15, 0.2) is 65.3 Å². The molecule has 3 rings (SSSR count). The molecule has 0 unspecified atom stereocenters. The van der Waals surface area contributed by atoms with E-state index < -0.39 is 10.1 Å². The fraction of sp³-hybridized carbons (Fsp3) is 0.227. The molecule has 2 aromatic carbocycles. The Morgan fingerprint density at radius 1 is 1.03 bits per heavy atom. The second-order valence-corrected chi connectivity index (χ2v) is 8.13. The van der Waals surface area contributed by atoms with Crippen LogP contribution in [0.5, 0.6) is 5.75 Å². The molecule has 0 saturated heterocycles. The summed E-state index contributed by atoms with van der Waals surface area (Å²) >= 11 is 0. The number of aromatic nitrogens is 1. The van der Waals surface area contributed by atoms with Gasteiger partial charge >= 0.3 is 0 Å². The zero-order chi connectivity index (χ0) is 20.5. The van der Waals surface area contributed by atoms with Gasteiger partial charge in [0.15, 0.2) is 0 Å². The Morgan fingerprint density at radius 2 is 1.79 bits per heavy atom. The summed E-state index contributed by atoms with van der Waals surface area (Å²) in [5.74, 6) is 1.25. The first-order valence-electron chi connectivity index (χ1n) is 9.22. The lowest BCUT2D eigenvalue weighted by Gasteiger charge is -2.06. The molecular weight excluding hydrogens is 390 g/mol. The molecule has 7 heteroatoms. The van der Waals surface area contributed by atoms with Crippen molar-refractivity contribution in [1.82, 2.24) is 4.98 Å². The van der Waals surface area contributed by atoms with E-state index in [0.29, 0.717) is 24.6 Å². The molecule has 152 valence electrons. The van der Waals surface area contributed by atoms with Crippen LogP contribution in [-0.4, -0.2) is 26.3 Å². The number of benzene rings is 2. The van der Waals surface area contributed by atoms with Crippen LogP contribution in [-0.2, 0) is 27.3 Å². The van der Waals surface area contributed by atoms with Crippen molar-refractivity contribution >= 4 is 22.3 Å². The summed E-state index contributed by atoms with van der Waals surface area (Å²) in [6, 6.07) is 17.6. The smallest absolute Gasteiger partial charge is 0.264 e. The number of rotatable bonds is 10. The van der Waals surface area contributed by atoms with Crippen LogP contribution < -0.4 is 4.74 Å². The van der Waals surface area contributed by atoms with Gasteiger partial charge in [-0.05, 0) is 42.2 Å². The predicted octanol–water partition coefficient (Wildman–Crippen LogP) is 4.33. The predicted molar refractivity (Wildman–Crippen MR) is 112 cm³/mol. The van der Waals surface area contributed by atoms with Crippen LogP contribution >= 0.6 is 0 Å². The van der Waals surface area contributed by atoms with Gasteiger partial charge in [-0.25, -0.2) is 4.98 Å². The molecule has 29 heavy (non-hydrogen) atoms. The van der Waals surface area contributed by atoms with Crippen molar-refractivity contribution in [3.8, 4) is 5.75 Å². The van der Waals surface area contributed by atoms with E-state index in [4.69, 9.17) is 13.3 Å². The normalized spacial score (nSPS) is 11.8. The highest BCUT2D eigenvalue weighted by atomic mass is 32.2. The summed E-state index contributed by atoms with van der Waals surface area (Å²) < 4.78 is 37.8. The van der Waals surface area contributed by atoms with Crippen LogP contribution in [0.25, 0.3) is 12.2 Å². The van der Waals surface area contributed by atoms with Crippen molar-refractivity contribution in [2.45, 2.75) is 19.4 Å². The molecular formula is C22H23NO5S. The van der Waals surface area contributed by atoms with Gasteiger partial charge in [0.2, 0.25) is 5.89 Å². The van der Waals surface area contributed by atoms with Crippen LogP contribution in [0, 0.1) is 0 Å². The maximum atomic E-state index is 10.9. The molecule has 0 atom stereocenters. The SMILES string of the molecule is CS(=O)(=O)OCCCc1ccc(OCc2coc(C=Cc3ccccc3)n2)cc1. The maximum absolute atomic E-state index is 10.9. The molecule has 0 fully saturated rings. The molecule has 0 radical (unpaired) electrons. The third-order valence-corrected chi connectivity index (χ3v) is 4.60. The molecule has 0 saturated carbocycles. The average molecular weight is 413 g/mol. The summed E-state index contributed by atoms with van der Waals surface area (Å²) in [6.45, 7) is 0.495. The van der Waals surface area contributed by atoms with Crippen molar-refractivity contribution in [3.05, 3.63) is 83.6 Å². The monoisotopic (exact) mass is 413 g/mol. The van der Waals surface area contributed by atoms with E-state index in [-0.39, 0.29) is 6.61 Å². The second kappa shape index (κ2) is 10.0. The minimum Gasteiger partial charge on any atom is -0.487 e. The molecule has 0 spiro atoms. The Morgan fingerprint density at radius 3 is 2.52 bits per heavy atom. The van der Waals surface area contributed by atoms with Gasteiger partial charge in [-0.3, -0.25) is 4.18 Å². The number of hydrogen-bond donors (Lipinski definition) is 0. The highest BCUT2D eigenvalue weighted by Gasteiger charge is 2.04. The van der Waals surface area contributed by atoms with E-state index in [0.717, 1.165) is 29.6 Å². The largest absolute Gasteiger partial charge is 0.487 e. The quantitative estimate of drug-likeness (QED) is 0.364. The van der Waals surface area contributed by atoms with E-state index in [9.17, 15) is 8.42 Å². The third-order valence-electron chi connectivity index (χ3n) is 4.00. The minimum absolute atomic E-state index is 0.185. The Kier molecular flexibility index (Phi) is 7.21. The molecule has 6 nitrogen and oxygen atoms in total. The summed E-state index contributed by atoms with van der Waals surface area (Å²) in [5.41, 5.74) is 2.87. The molecule has 0 amide bonds. The van der Waals surface area contributed by atoms with Gasteiger partial charge in [0, 0.05) is 6.08 Å². The Labute approximate surface area is 170 Å². The number of oxazole rings is 1. The Hall–Kier alpha value is -2.90. The van der Waals surface area contributed by atoms with Crippen molar-refractivity contribution < 1.29 is 21.8 Å². The summed E-state index contributed by atoms with van der Waals surface area (Å²) in [6.07, 6.45) is 7.76. The first-order chi connectivity index (χ1) is 14.0. The lowest BCUT2D eigenvalue weighted by Crippen LogP contribution is -2.04. The van der Waals surface area contributed by atoms with Gasteiger partial charge in [-0.1, -0.05) is 42.5 Å². The molecule has 0 aliphatic rings. The Bertz CT molecular complexity index is 1020. The standard InChI is InChI=1S/C22H23NO5S/c1-29(24,25)28-15-5-8-19-9-12-21(13-10-19)26-16-20-17-27-22(23-20)14-11-18-6-3-2-4-7-18/h2-4,6-7,9-14,17H,5,8,15-16H2,1H3. The zero-order valence-electron chi connectivity index (χ0n) is 16.2. The molecule has 0 aliphatic heterocycles. The molecule has 1 aromatic heterocycles. The van der Waals surface area contributed by atoms with E-state index in [1.807, 2.05) is 66.7 Å². The van der Waals surface area contributed by atoms with Crippen molar-refractivity contribution in [2.75, 3.05) is 12.9 Å². The average Bonchev–Trinajstić information content (AvgIpc) is 3.17. The fourth-order valence-corrected chi connectivity index (χ4v) is 3.01. The van der Waals surface area contributed by atoms with Gasteiger partial charge < -0.3 is 9.15 Å². The lowest BCUT2D eigenvalue weighted by atomic mass is 10.1. The van der Waals surface area contributed by atoms with Crippen molar-refractivity contribution in [2.24, 2.45) is 0 Å². The third kappa shape index (κ3) is 7.56. The van der Waals surface area contributed by atoms with Crippen molar-refractivity contribution in [3.63, 3.8) is 0 Å². The highest BCUT2D eigenvalue weighted by Crippen LogP contribution is 2.16. The van der Waals surface area contributed by atoms with Gasteiger partial charge in [0.25, 0.3) is 10.1 Å². The fourth-order valence-electron chi connectivity index (χ4n) is 2.59. The number of hydrogen-bond acceptors (Lipinski definition) is 6. The second-order valence-electron chi connectivity index (χ2n) is 6.48. The topological polar surface area (TPSA) is 78.6 Å². The number of aryl methyl sites for hydroxylation is 1. The molecule has 0 N–H and O–H groups in total. The summed E-state index contributed by atoms with van der Waals surface area (Å²) in [5, 5.41) is 0. The van der Waals surface area contributed by atoms with Crippen LogP contribution in [0.4, 0.5) is 0 Å². The van der Waals surface area contributed by atoms with Crippen LogP contribution in [0.3, 0.4) is 0 Å².